The molecule has 18 heavy (non-hydrogen) atoms. The molecule has 0 amide bonds. The summed E-state index contributed by atoms with van der Waals surface area (Å²) in [5, 5.41) is 0.241. The average Bonchev–Trinajstić information content (AvgIpc) is 2.73. The van der Waals surface area contributed by atoms with Crippen LogP contribution in [-0.4, -0.2) is 29.1 Å². The summed E-state index contributed by atoms with van der Waals surface area (Å²) in [5.41, 5.74) is 18.6. The molecule has 0 spiro atoms. The molecule has 0 unspecified atom stereocenters. The van der Waals surface area contributed by atoms with Gasteiger partial charge < -0.3 is 17.2 Å². The molecular weight excluding hydrogens is 331 g/mol. The minimum absolute atomic E-state index is 0. The number of hydrogen-bond acceptors (Lipinski definition) is 0. The monoisotopic (exact) mass is 353 g/mol. The third kappa shape index (κ3) is 29.8. The molecule has 0 aliphatic carbocycles. The molecule has 7 heteroatoms. The summed E-state index contributed by atoms with van der Waals surface area (Å²) in [6, 6.07) is 6.21. The van der Waals surface area contributed by atoms with Crippen molar-refractivity contribution in [2.24, 2.45) is 0 Å². The molecule has 1 rings (SSSR count). The Bertz CT molecular complexity index is 195. The first-order valence-corrected chi connectivity index (χ1v) is 6.93. The predicted octanol–water partition coefficient (Wildman–Crippen LogP) is 3.95. The molecule has 0 heterocycles. The largest absolute Gasteiger partial charge is 4.00 e. The van der Waals surface area contributed by atoms with Gasteiger partial charge >= 0.3 is 35.7 Å². The van der Waals surface area contributed by atoms with Gasteiger partial charge in [0.25, 0.3) is 0 Å². The van der Waals surface area contributed by atoms with Crippen LogP contribution in [0, 0.1) is 0 Å². The molecule has 0 bridgehead atoms. The second-order valence-corrected chi connectivity index (χ2v) is 3.85. The van der Waals surface area contributed by atoms with Crippen LogP contribution in [0.4, 0.5) is 8.22 Å². The van der Waals surface area contributed by atoms with Crippen LogP contribution < -0.4 is 5.19 Å². The van der Waals surface area contributed by atoms with Crippen LogP contribution in [0.5, 0.6) is 0 Å². The van der Waals surface area contributed by atoms with Gasteiger partial charge in [0, 0.05) is 0 Å². The van der Waals surface area contributed by atoms with Crippen molar-refractivity contribution >= 4 is 14.7 Å². The van der Waals surface area contributed by atoms with E-state index in [0.29, 0.717) is 19.6 Å². The van der Waals surface area contributed by atoms with Crippen LogP contribution in [0.3, 0.4) is 0 Å². The summed E-state index contributed by atoms with van der Waals surface area (Å²) in [7, 11) is -3.48. The first kappa shape index (κ1) is 26.7. The molecule has 0 saturated heterocycles. The SMILES string of the molecule is CC[NH-].CC[NH-].CC[NH-].F[SiH](F)[c-]1cccc1.[Zr+4]. The predicted molar refractivity (Wildman–Crippen MR) is 75.6 cm³/mol. The van der Waals surface area contributed by atoms with E-state index >= 15 is 0 Å². The van der Waals surface area contributed by atoms with Gasteiger partial charge in [0.05, 0.1) is 0 Å². The fourth-order valence-corrected chi connectivity index (χ4v) is 1.05. The summed E-state index contributed by atoms with van der Waals surface area (Å²) in [5.74, 6) is 0. The van der Waals surface area contributed by atoms with Crippen LogP contribution in [0.15, 0.2) is 24.3 Å². The fourth-order valence-electron chi connectivity index (χ4n) is 0.534. The molecule has 3 nitrogen and oxygen atoms in total. The third-order valence-electron chi connectivity index (χ3n) is 0.940. The van der Waals surface area contributed by atoms with E-state index in [2.05, 4.69) is 0 Å². The fraction of sp³-hybridized carbons (Fsp3) is 0.545. The van der Waals surface area contributed by atoms with E-state index in [1.165, 1.54) is 12.1 Å². The van der Waals surface area contributed by atoms with Crippen LogP contribution in [0.1, 0.15) is 20.8 Å². The summed E-state index contributed by atoms with van der Waals surface area (Å²) in [4.78, 5) is 0. The van der Waals surface area contributed by atoms with Crippen molar-refractivity contribution in [1.29, 1.82) is 0 Å². The molecular formula is C11H23F2N3SiZr. The van der Waals surface area contributed by atoms with E-state index < -0.39 is 9.46 Å². The van der Waals surface area contributed by atoms with E-state index in [0.717, 1.165) is 0 Å². The van der Waals surface area contributed by atoms with Gasteiger partial charge in [-0.25, -0.2) is 12.1 Å². The average molecular weight is 355 g/mol. The molecule has 0 aromatic heterocycles. The van der Waals surface area contributed by atoms with Gasteiger partial charge in [-0.05, 0) is 0 Å². The Morgan fingerprint density at radius 1 is 0.889 bits per heavy atom. The van der Waals surface area contributed by atoms with E-state index in [4.69, 9.17) is 17.2 Å². The molecule has 0 atom stereocenters. The van der Waals surface area contributed by atoms with Gasteiger partial charge in [0.2, 0.25) is 0 Å². The van der Waals surface area contributed by atoms with Gasteiger partial charge in [-0.1, -0.05) is 20.8 Å². The van der Waals surface area contributed by atoms with E-state index in [9.17, 15) is 8.22 Å². The Labute approximate surface area is 131 Å². The first-order valence-electron chi connectivity index (χ1n) is 5.48. The molecule has 104 valence electrons. The minimum atomic E-state index is -3.48. The van der Waals surface area contributed by atoms with Crippen molar-refractivity contribution in [3.05, 3.63) is 41.5 Å². The van der Waals surface area contributed by atoms with Crippen LogP contribution in [0.25, 0.3) is 17.2 Å². The zero-order valence-electron chi connectivity index (χ0n) is 11.3. The third-order valence-corrected chi connectivity index (χ3v) is 1.83. The summed E-state index contributed by atoms with van der Waals surface area (Å²) >= 11 is 0. The number of hydrogen-bond donors (Lipinski definition) is 0. The minimum Gasteiger partial charge on any atom is -0.678 e. The molecule has 0 saturated carbocycles. The van der Waals surface area contributed by atoms with E-state index in [-0.39, 0.29) is 31.4 Å². The Hall–Kier alpha value is 0.190. The zero-order valence-corrected chi connectivity index (χ0v) is 14.9. The van der Waals surface area contributed by atoms with Crippen LogP contribution in [-0.2, 0) is 26.2 Å². The van der Waals surface area contributed by atoms with Crippen molar-refractivity contribution in [3.63, 3.8) is 0 Å². The van der Waals surface area contributed by atoms with Gasteiger partial charge in [0.1, 0.15) is 0 Å². The number of halogens is 2. The van der Waals surface area contributed by atoms with Crippen molar-refractivity contribution in [2.75, 3.05) is 19.6 Å². The maximum Gasteiger partial charge on any atom is 4.00 e. The topological polar surface area (TPSA) is 71.4 Å². The maximum absolute atomic E-state index is 11.7. The Kier molecular flexibility index (Phi) is 38.4. The van der Waals surface area contributed by atoms with Gasteiger partial charge in [-0.3, -0.25) is 8.22 Å². The quantitative estimate of drug-likeness (QED) is 0.416. The van der Waals surface area contributed by atoms with Gasteiger partial charge in [0.15, 0.2) is 0 Å². The van der Waals surface area contributed by atoms with E-state index in [1.807, 2.05) is 0 Å². The summed E-state index contributed by atoms with van der Waals surface area (Å²) in [6.45, 7) is 6.88. The van der Waals surface area contributed by atoms with Crippen LogP contribution in [0.2, 0.25) is 0 Å². The van der Waals surface area contributed by atoms with Crippen molar-refractivity contribution in [3.8, 4) is 0 Å². The summed E-state index contributed by atoms with van der Waals surface area (Å²) < 4.78 is 23.5. The maximum atomic E-state index is 11.7. The Morgan fingerprint density at radius 3 is 1.22 bits per heavy atom. The second kappa shape index (κ2) is 25.9. The van der Waals surface area contributed by atoms with Gasteiger partial charge in [-0.15, -0.1) is 5.19 Å². The normalized spacial score (nSPS) is 7.61. The smallest absolute Gasteiger partial charge is 0.678 e. The molecule has 1 aromatic carbocycles. The standard InChI is InChI=1S/C5H5F2Si.3C2H6N.Zr/c6-8(7)5-3-1-2-4-5;3*1-2-3;/h1-4,8H;3*3H,2H2,1H3;/q4*-1;+4. The number of rotatable bonds is 1. The Balaban J connectivity index is -0.0000000840. The van der Waals surface area contributed by atoms with Crippen molar-refractivity contribution in [2.45, 2.75) is 20.8 Å². The van der Waals surface area contributed by atoms with Crippen molar-refractivity contribution < 1.29 is 34.4 Å². The number of nitrogens with one attached hydrogen (secondary N) is 3. The van der Waals surface area contributed by atoms with E-state index in [1.54, 1.807) is 32.9 Å². The molecule has 1 aromatic rings. The Morgan fingerprint density at radius 2 is 1.11 bits per heavy atom. The molecule has 0 aliphatic rings. The molecule has 0 radical (unpaired) electrons. The zero-order chi connectivity index (χ0) is 14.1. The first-order chi connectivity index (χ1) is 8.05. The molecule has 0 fully saturated rings. The molecule has 0 aliphatic heterocycles. The van der Waals surface area contributed by atoms with Crippen molar-refractivity contribution in [1.82, 2.24) is 0 Å². The second-order valence-electron chi connectivity index (χ2n) is 2.58. The summed E-state index contributed by atoms with van der Waals surface area (Å²) in [6.07, 6.45) is 0. The van der Waals surface area contributed by atoms with Crippen LogP contribution >= 0.6 is 0 Å². The molecule has 3 N–H and O–H groups in total. The van der Waals surface area contributed by atoms with Gasteiger partial charge in [-0.2, -0.15) is 31.8 Å².